The Kier molecular flexibility index (Phi) is 4.42. The van der Waals surface area contributed by atoms with Gasteiger partial charge in [0.1, 0.15) is 5.75 Å². The van der Waals surface area contributed by atoms with Crippen molar-refractivity contribution in [1.82, 2.24) is 14.7 Å². The first-order valence-corrected chi connectivity index (χ1v) is 7.67. The van der Waals surface area contributed by atoms with E-state index in [1.807, 2.05) is 59.2 Å². The molecule has 1 fully saturated rings. The highest BCUT2D eigenvalue weighted by Gasteiger charge is 2.26. The summed E-state index contributed by atoms with van der Waals surface area (Å²) in [5.74, 6) is 1.11. The molecule has 5 heteroatoms. The summed E-state index contributed by atoms with van der Waals surface area (Å²) in [6, 6.07) is 11.5. The van der Waals surface area contributed by atoms with Crippen LogP contribution < -0.4 is 4.74 Å². The summed E-state index contributed by atoms with van der Waals surface area (Å²) in [7, 11) is 1.92. The fourth-order valence-electron chi connectivity index (χ4n) is 2.85. The first kappa shape index (κ1) is 14.6. The van der Waals surface area contributed by atoms with Gasteiger partial charge in [-0.05, 0) is 31.0 Å². The predicted octanol–water partition coefficient (Wildman–Crippen LogP) is 2.21. The third-order valence-electron chi connectivity index (χ3n) is 4.03. The lowest BCUT2D eigenvalue weighted by atomic mass is 9.95. The molecule has 1 aliphatic rings. The van der Waals surface area contributed by atoms with E-state index in [1.54, 1.807) is 0 Å². The van der Waals surface area contributed by atoms with Crippen LogP contribution in [0.5, 0.6) is 5.75 Å². The molecule has 1 aromatic carbocycles. The number of aromatic nitrogens is 2. The summed E-state index contributed by atoms with van der Waals surface area (Å²) >= 11 is 0. The number of para-hydroxylation sites is 1. The smallest absolute Gasteiger partial charge is 0.260 e. The number of likely N-dealkylation sites (tertiary alicyclic amines) is 1. The zero-order chi connectivity index (χ0) is 15.4. The van der Waals surface area contributed by atoms with E-state index >= 15 is 0 Å². The minimum atomic E-state index is 0.0458. The Labute approximate surface area is 130 Å². The van der Waals surface area contributed by atoms with Crippen LogP contribution in [0.3, 0.4) is 0 Å². The van der Waals surface area contributed by atoms with Gasteiger partial charge in [-0.15, -0.1) is 0 Å². The van der Waals surface area contributed by atoms with Crippen LogP contribution in [0.15, 0.2) is 42.6 Å². The number of benzene rings is 1. The van der Waals surface area contributed by atoms with Crippen molar-refractivity contribution in [2.24, 2.45) is 7.05 Å². The van der Waals surface area contributed by atoms with Crippen LogP contribution in [0.25, 0.3) is 0 Å². The molecule has 2 heterocycles. The van der Waals surface area contributed by atoms with Crippen LogP contribution in [0.4, 0.5) is 0 Å². The molecule has 22 heavy (non-hydrogen) atoms. The summed E-state index contributed by atoms with van der Waals surface area (Å²) < 4.78 is 7.37. The van der Waals surface area contributed by atoms with Gasteiger partial charge in [-0.3, -0.25) is 9.48 Å². The van der Waals surface area contributed by atoms with E-state index in [1.165, 1.54) is 0 Å². The number of nitrogens with zero attached hydrogens (tertiary/aromatic N) is 3. The average Bonchev–Trinajstić information content (AvgIpc) is 3.00. The minimum absolute atomic E-state index is 0.0458. The van der Waals surface area contributed by atoms with Gasteiger partial charge in [0.05, 0.1) is 5.69 Å². The zero-order valence-corrected chi connectivity index (χ0v) is 12.8. The normalized spacial score (nSPS) is 18.2. The molecule has 116 valence electrons. The molecule has 0 aliphatic carbocycles. The van der Waals surface area contributed by atoms with Gasteiger partial charge >= 0.3 is 0 Å². The number of aryl methyl sites for hydroxylation is 1. The second kappa shape index (κ2) is 6.64. The number of carbonyl (C=O) groups is 1. The van der Waals surface area contributed by atoms with Crippen LogP contribution in [0.1, 0.15) is 24.5 Å². The van der Waals surface area contributed by atoms with Gasteiger partial charge in [0.25, 0.3) is 5.91 Å². The van der Waals surface area contributed by atoms with Crippen molar-refractivity contribution in [3.05, 3.63) is 48.3 Å². The van der Waals surface area contributed by atoms with Gasteiger partial charge < -0.3 is 9.64 Å². The van der Waals surface area contributed by atoms with Crippen molar-refractivity contribution in [2.45, 2.75) is 18.8 Å². The highest BCUT2D eigenvalue weighted by Crippen LogP contribution is 2.25. The average molecular weight is 299 g/mol. The Morgan fingerprint density at radius 3 is 2.86 bits per heavy atom. The summed E-state index contributed by atoms with van der Waals surface area (Å²) in [5.41, 5.74) is 1.07. The van der Waals surface area contributed by atoms with Crippen LogP contribution in [-0.2, 0) is 11.8 Å². The molecule has 3 rings (SSSR count). The highest BCUT2D eigenvalue weighted by atomic mass is 16.5. The standard InChI is InChI=1S/C17H21N3O2/c1-19-11-9-16(18-19)14-6-5-10-20(12-14)17(21)13-22-15-7-3-2-4-8-15/h2-4,7-9,11,14H,5-6,10,12-13H2,1H3. The number of rotatable bonds is 4. The Morgan fingerprint density at radius 1 is 1.32 bits per heavy atom. The first-order chi connectivity index (χ1) is 10.7. The molecular weight excluding hydrogens is 278 g/mol. The quantitative estimate of drug-likeness (QED) is 0.869. The molecule has 0 N–H and O–H groups in total. The van der Waals surface area contributed by atoms with E-state index in [-0.39, 0.29) is 12.5 Å². The molecule has 0 saturated carbocycles. The number of ether oxygens (including phenoxy) is 1. The second-order valence-electron chi connectivity index (χ2n) is 5.69. The zero-order valence-electron chi connectivity index (χ0n) is 12.8. The molecule has 1 atom stereocenters. The molecular formula is C17H21N3O2. The number of amides is 1. The van der Waals surface area contributed by atoms with Crippen molar-refractivity contribution in [3.8, 4) is 5.75 Å². The maximum atomic E-state index is 12.3. The molecule has 1 aliphatic heterocycles. The van der Waals surface area contributed by atoms with E-state index in [4.69, 9.17) is 4.74 Å². The molecule has 0 spiro atoms. The van der Waals surface area contributed by atoms with Gasteiger partial charge in [0.15, 0.2) is 6.61 Å². The molecule has 1 unspecified atom stereocenters. The number of carbonyl (C=O) groups excluding carboxylic acids is 1. The van der Waals surface area contributed by atoms with Crippen LogP contribution in [0.2, 0.25) is 0 Å². The van der Waals surface area contributed by atoms with Gasteiger partial charge in [-0.2, -0.15) is 5.10 Å². The molecule has 1 amide bonds. The van der Waals surface area contributed by atoms with Gasteiger partial charge in [0, 0.05) is 32.3 Å². The van der Waals surface area contributed by atoms with Crippen molar-refractivity contribution >= 4 is 5.91 Å². The van der Waals surface area contributed by atoms with Crippen LogP contribution in [0, 0.1) is 0 Å². The highest BCUT2D eigenvalue weighted by molar-refractivity contribution is 5.78. The lowest BCUT2D eigenvalue weighted by molar-refractivity contribution is -0.134. The van der Waals surface area contributed by atoms with Gasteiger partial charge in [0.2, 0.25) is 0 Å². The van der Waals surface area contributed by atoms with Gasteiger partial charge in [-0.1, -0.05) is 18.2 Å². The Hall–Kier alpha value is -2.30. The molecule has 0 bridgehead atoms. The summed E-state index contributed by atoms with van der Waals surface area (Å²) in [4.78, 5) is 14.2. The van der Waals surface area contributed by atoms with Crippen molar-refractivity contribution in [3.63, 3.8) is 0 Å². The second-order valence-corrected chi connectivity index (χ2v) is 5.69. The molecule has 1 aromatic heterocycles. The molecule has 1 saturated heterocycles. The Bertz CT molecular complexity index is 624. The largest absolute Gasteiger partial charge is 0.484 e. The summed E-state index contributed by atoms with van der Waals surface area (Å²) in [6.07, 6.45) is 4.05. The van der Waals surface area contributed by atoms with Crippen molar-refractivity contribution in [2.75, 3.05) is 19.7 Å². The minimum Gasteiger partial charge on any atom is -0.484 e. The monoisotopic (exact) mass is 299 g/mol. The first-order valence-electron chi connectivity index (χ1n) is 7.67. The van der Waals surface area contributed by atoms with E-state index in [9.17, 15) is 4.79 Å². The van der Waals surface area contributed by atoms with Crippen molar-refractivity contribution < 1.29 is 9.53 Å². The van der Waals surface area contributed by atoms with E-state index in [0.717, 1.165) is 37.4 Å². The Balaban J connectivity index is 1.56. The fraction of sp³-hybridized carbons (Fsp3) is 0.412. The fourth-order valence-corrected chi connectivity index (χ4v) is 2.85. The molecule has 5 nitrogen and oxygen atoms in total. The molecule has 0 radical (unpaired) electrons. The van der Waals surface area contributed by atoms with E-state index in [2.05, 4.69) is 5.10 Å². The lowest BCUT2D eigenvalue weighted by Gasteiger charge is -2.32. The number of piperidine rings is 1. The number of hydrogen-bond acceptors (Lipinski definition) is 3. The topological polar surface area (TPSA) is 47.4 Å². The van der Waals surface area contributed by atoms with Crippen molar-refractivity contribution in [1.29, 1.82) is 0 Å². The maximum absolute atomic E-state index is 12.3. The molecule has 2 aromatic rings. The Morgan fingerprint density at radius 2 is 2.14 bits per heavy atom. The number of hydrogen-bond donors (Lipinski definition) is 0. The summed E-state index contributed by atoms with van der Waals surface area (Å²) in [6.45, 7) is 1.63. The van der Waals surface area contributed by atoms with E-state index < -0.39 is 0 Å². The van der Waals surface area contributed by atoms with Crippen LogP contribution in [-0.4, -0.2) is 40.3 Å². The maximum Gasteiger partial charge on any atom is 0.260 e. The lowest BCUT2D eigenvalue weighted by Crippen LogP contribution is -2.41. The van der Waals surface area contributed by atoms with E-state index in [0.29, 0.717) is 5.92 Å². The third-order valence-corrected chi connectivity index (χ3v) is 4.03. The van der Waals surface area contributed by atoms with Crippen LogP contribution >= 0.6 is 0 Å². The third kappa shape index (κ3) is 3.47. The SMILES string of the molecule is Cn1ccc(C2CCCN(C(=O)COc3ccccc3)C2)n1. The van der Waals surface area contributed by atoms with Gasteiger partial charge in [-0.25, -0.2) is 0 Å². The summed E-state index contributed by atoms with van der Waals surface area (Å²) in [5, 5.41) is 4.47. The predicted molar refractivity (Wildman–Crippen MR) is 83.7 cm³/mol.